The van der Waals surface area contributed by atoms with Crippen molar-refractivity contribution in [2.75, 3.05) is 0 Å². The van der Waals surface area contributed by atoms with Crippen LogP contribution >= 0.6 is 11.6 Å². The van der Waals surface area contributed by atoms with Crippen molar-refractivity contribution in [3.05, 3.63) is 70.0 Å². The minimum Gasteiger partial charge on any atom is -0.507 e. The number of benzene rings is 2. The van der Waals surface area contributed by atoms with Gasteiger partial charge in [-0.1, -0.05) is 36.9 Å². The fourth-order valence-electron chi connectivity index (χ4n) is 4.37. The highest BCUT2D eigenvalue weighted by Gasteiger charge is 2.49. The van der Waals surface area contributed by atoms with Gasteiger partial charge in [-0.25, -0.2) is 4.39 Å². The molecular formula is C23H21ClFNO4. The molecule has 2 aliphatic rings. The quantitative estimate of drug-likeness (QED) is 0.411. The molecule has 2 aromatic carbocycles. The lowest BCUT2D eigenvalue weighted by Crippen LogP contribution is -2.40. The van der Waals surface area contributed by atoms with Gasteiger partial charge in [0.05, 0.1) is 16.6 Å². The summed E-state index contributed by atoms with van der Waals surface area (Å²) in [7, 11) is 0. The highest BCUT2D eigenvalue weighted by Crippen LogP contribution is 2.44. The maximum atomic E-state index is 13.3. The van der Waals surface area contributed by atoms with Gasteiger partial charge in [-0.2, -0.15) is 0 Å². The van der Waals surface area contributed by atoms with E-state index in [1.54, 1.807) is 11.0 Å². The highest BCUT2D eigenvalue weighted by molar-refractivity contribution is 6.46. The predicted molar refractivity (Wildman–Crippen MR) is 111 cm³/mol. The highest BCUT2D eigenvalue weighted by atomic mass is 35.5. The van der Waals surface area contributed by atoms with Crippen LogP contribution in [0.5, 0.6) is 5.75 Å². The zero-order valence-corrected chi connectivity index (χ0v) is 16.9. The second kappa shape index (κ2) is 8.11. The van der Waals surface area contributed by atoms with Crippen molar-refractivity contribution >= 4 is 29.1 Å². The molecule has 1 aliphatic carbocycles. The van der Waals surface area contributed by atoms with E-state index in [1.807, 2.05) is 0 Å². The van der Waals surface area contributed by atoms with Gasteiger partial charge in [0.25, 0.3) is 11.7 Å². The van der Waals surface area contributed by atoms with Gasteiger partial charge in [-0.05, 0) is 54.8 Å². The van der Waals surface area contributed by atoms with E-state index >= 15 is 0 Å². The smallest absolute Gasteiger partial charge is 0.295 e. The number of carbonyl (C=O) groups excluding carboxylic acids is 2. The van der Waals surface area contributed by atoms with Gasteiger partial charge in [-0.3, -0.25) is 9.59 Å². The number of aliphatic hydroxyl groups excluding tert-OH is 1. The van der Waals surface area contributed by atoms with Crippen molar-refractivity contribution in [1.82, 2.24) is 4.90 Å². The van der Waals surface area contributed by atoms with Crippen molar-refractivity contribution in [3.8, 4) is 5.75 Å². The van der Waals surface area contributed by atoms with E-state index in [0.29, 0.717) is 5.56 Å². The van der Waals surface area contributed by atoms with Crippen LogP contribution < -0.4 is 0 Å². The summed E-state index contributed by atoms with van der Waals surface area (Å²) < 4.78 is 13.3. The van der Waals surface area contributed by atoms with Gasteiger partial charge in [-0.15, -0.1) is 0 Å². The monoisotopic (exact) mass is 429 g/mol. The molecule has 0 aromatic heterocycles. The first kappa shape index (κ1) is 20.4. The Morgan fingerprint density at radius 1 is 1.03 bits per heavy atom. The summed E-state index contributed by atoms with van der Waals surface area (Å²) in [5, 5.41) is 20.8. The second-order valence-electron chi connectivity index (χ2n) is 7.72. The van der Waals surface area contributed by atoms with Crippen LogP contribution in [0.4, 0.5) is 4.39 Å². The number of hydrogen-bond acceptors (Lipinski definition) is 4. The number of rotatable bonds is 3. The maximum Gasteiger partial charge on any atom is 0.295 e. The normalized spacial score (nSPS) is 21.9. The molecule has 7 heteroatoms. The molecule has 1 atom stereocenters. The van der Waals surface area contributed by atoms with E-state index in [9.17, 15) is 24.2 Å². The Morgan fingerprint density at radius 3 is 2.33 bits per heavy atom. The van der Waals surface area contributed by atoms with Crippen LogP contribution in [0.15, 0.2) is 48.0 Å². The number of aliphatic hydroxyl groups is 1. The van der Waals surface area contributed by atoms with Gasteiger partial charge in [0.1, 0.15) is 17.3 Å². The van der Waals surface area contributed by atoms with Crippen LogP contribution in [0.3, 0.4) is 0 Å². The molecule has 0 radical (unpaired) electrons. The number of aromatic hydroxyl groups is 1. The summed E-state index contributed by atoms with van der Waals surface area (Å²) in [4.78, 5) is 27.6. The lowest BCUT2D eigenvalue weighted by Gasteiger charge is -2.35. The first-order valence-corrected chi connectivity index (χ1v) is 10.3. The Balaban J connectivity index is 1.88. The van der Waals surface area contributed by atoms with Gasteiger partial charge >= 0.3 is 0 Å². The molecule has 1 saturated heterocycles. The maximum absolute atomic E-state index is 13.3. The Kier molecular flexibility index (Phi) is 5.52. The fraction of sp³-hybridized carbons (Fsp3) is 0.304. The molecule has 0 bridgehead atoms. The molecule has 30 heavy (non-hydrogen) atoms. The van der Waals surface area contributed by atoms with Crippen LogP contribution in [0, 0.1) is 5.82 Å². The summed E-state index contributed by atoms with van der Waals surface area (Å²) in [5.41, 5.74) is 0.707. The third kappa shape index (κ3) is 3.56. The predicted octanol–water partition coefficient (Wildman–Crippen LogP) is 4.94. The molecule has 4 rings (SSSR count). The van der Waals surface area contributed by atoms with Gasteiger partial charge < -0.3 is 15.1 Å². The lowest BCUT2D eigenvalue weighted by atomic mass is 9.91. The Labute approximate surface area is 178 Å². The number of hydrogen-bond donors (Lipinski definition) is 2. The number of Topliss-reactive ketones (excluding diaryl/α,β-unsaturated/α-hetero) is 1. The van der Waals surface area contributed by atoms with Crippen molar-refractivity contribution in [2.45, 2.75) is 44.2 Å². The average Bonchev–Trinajstić information content (AvgIpc) is 3.01. The largest absolute Gasteiger partial charge is 0.507 e. The Morgan fingerprint density at radius 2 is 1.70 bits per heavy atom. The molecule has 0 spiro atoms. The van der Waals surface area contributed by atoms with Crippen LogP contribution in [0.1, 0.15) is 49.3 Å². The van der Waals surface area contributed by atoms with Crippen molar-refractivity contribution in [1.29, 1.82) is 0 Å². The third-order valence-electron chi connectivity index (χ3n) is 5.85. The molecule has 1 amide bonds. The molecule has 2 N–H and O–H groups in total. The summed E-state index contributed by atoms with van der Waals surface area (Å²) in [6.45, 7) is 0. The average molecular weight is 430 g/mol. The molecule has 2 fully saturated rings. The van der Waals surface area contributed by atoms with Crippen molar-refractivity contribution in [3.63, 3.8) is 0 Å². The van der Waals surface area contributed by atoms with E-state index in [1.165, 1.54) is 36.4 Å². The van der Waals surface area contributed by atoms with Gasteiger partial charge in [0.15, 0.2) is 0 Å². The van der Waals surface area contributed by atoms with Gasteiger partial charge in [0, 0.05) is 11.6 Å². The molecule has 1 unspecified atom stereocenters. The first-order valence-electron chi connectivity index (χ1n) is 9.93. The molecule has 1 heterocycles. The van der Waals surface area contributed by atoms with Crippen LogP contribution in [-0.4, -0.2) is 32.8 Å². The third-order valence-corrected chi connectivity index (χ3v) is 6.16. The molecule has 156 valence electrons. The number of halogens is 2. The van der Waals surface area contributed by atoms with Crippen LogP contribution in [0.25, 0.3) is 5.76 Å². The number of phenols is 1. The molecular weight excluding hydrogens is 409 g/mol. The number of ketones is 1. The van der Waals surface area contributed by atoms with Gasteiger partial charge in [0.2, 0.25) is 0 Å². The molecule has 5 nitrogen and oxygen atoms in total. The molecule has 1 aliphatic heterocycles. The minimum atomic E-state index is -0.837. The number of likely N-dealkylation sites (tertiary alicyclic amines) is 1. The lowest BCUT2D eigenvalue weighted by molar-refractivity contribution is -0.141. The van der Waals surface area contributed by atoms with E-state index in [4.69, 9.17) is 11.6 Å². The SMILES string of the molecule is O=C1C(=O)N(C2CCCCC2)C(c2ccc(O)c(Cl)c2)/C1=C(/O)c1ccc(F)cc1. The number of amides is 1. The Bertz CT molecular complexity index is 1030. The number of carbonyl (C=O) groups is 2. The second-order valence-corrected chi connectivity index (χ2v) is 8.12. The molecule has 1 saturated carbocycles. The number of phenolic OH excluding ortho intramolecular Hbond substituents is 1. The zero-order valence-electron chi connectivity index (χ0n) is 16.1. The number of nitrogens with zero attached hydrogens (tertiary/aromatic N) is 1. The minimum absolute atomic E-state index is 0.0565. The van der Waals surface area contributed by atoms with E-state index in [-0.39, 0.29) is 33.7 Å². The van der Waals surface area contributed by atoms with E-state index in [0.717, 1.165) is 32.1 Å². The molecule has 2 aromatic rings. The van der Waals surface area contributed by atoms with Crippen LogP contribution in [0.2, 0.25) is 5.02 Å². The summed E-state index contributed by atoms with van der Waals surface area (Å²) in [6.07, 6.45) is 4.52. The summed E-state index contributed by atoms with van der Waals surface area (Å²) in [6, 6.07) is 8.60. The fourth-order valence-corrected chi connectivity index (χ4v) is 4.56. The van der Waals surface area contributed by atoms with Crippen molar-refractivity contribution < 1.29 is 24.2 Å². The topological polar surface area (TPSA) is 77.8 Å². The zero-order chi connectivity index (χ0) is 21.4. The van der Waals surface area contributed by atoms with E-state index in [2.05, 4.69) is 0 Å². The summed E-state index contributed by atoms with van der Waals surface area (Å²) >= 11 is 6.10. The summed E-state index contributed by atoms with van der Waals surface area (Å²) in [5.74, 6) is -2.40. The Hall–Kier alpha value is -2.86. The van der Waals surface area contributed by atoms with Crippen LogP contribution in [-0.2, 0) is 9.59 Å². The standard InChI is InChI=1S/C23H21ClFNO4/c24-17-12-14(8-11-18(17)27)20-19(21(28)13-6-9-15(25)10-7-13)22(29)23(30)26(20)16-4-2-1-3-5-16/h6-12,16,20,27-28H,1-5H2/b21-19-. The van der Waals surface area contributed by atoms with Crippen molar-refractivity contribution in [2.24, 2.45) is 0 Å². The first-order chi connectivity index (χ1) is 14.4. The van der Waals surface area contributed by atoms with E-state index < -0.39 is 23.5 Å².